The summed E-state index contributed by atoms with van der Waals surface area (Å²) in [4.78, 5) is 14.6. The topological polar surface area (TPSA) is 29.5 Å². The number of benzene rings is 2. The van der Waals surface area contributed by atoms with Crippen molar-refractivity contribution in [3.8, 4) is 5.75 Å². The normalized spacial score (nSPS) is 15.4. The minimum Gasteiger partial charge on any atom is -0.489 e. The number of carbonyl (C=O) groups is 1. The molecule has 0 amide bonds. The van der Waals surface area contributed by atoms with Gasteiger partial charge in [0.25, 0.3) is 0 Å². The van der Waals surface area contributed by atoms with E-state index in [0.717, 1.165) is 40.9 Å². The standard InChI is InChI=1S/C20H21NO2/c1-21(2)13-17-9-8-16-10-11-18(12-19(16)20(17)22)23-14-15-6-4-3-5-7-15/h3-7,10-13H,8-9,14H2,1-2H3. The smallest absolute Gasteiger partial charge is 0.190 e. The number of allylic oxidation sites excluding steroid dienone is 1. The van der Waals surface area contributed by atoms with Crippen LogP contribution in [0, 0.1) is 0 Å². The Labute approximate surface area is 137 Å². The van der Waals surface area contributed by atoms with Gasteiger partial charge in [0.15, 0.2) is 5.78 Å². The number of nitrogens with zero attached hydrogens (tertiary/aromatic N) is 1. The fraction of sp³-hybridized carbons (Fsp3) is 0.250. The molecule has 2 aromatic rings. The molecule has 0 heterocycles. The van der Waals surface area contributed by atoms with Crippen molar-refractivity contribution in [2.45, 2.75) is 19.4 Å². The van der Waals surface area contributed by atoms with Crippen molar-refractivity contribution >= 4 is 5.78 Å². The van der Waals surface area contributed by atoms with E-state index < -0.39 is 0 Å². The molecular formula is C20H21NO2. The lowest BCUT2D eigenvalue weighted by Crippen LogP contribution is -2.17. The van der Waals surface area contributed by atoms with Crippen molar-refractivity contribution in [2.24, 2.45) is 0 Å². The second-order valence-electron chi connectivity index (χ2n) is 6.04. The number of hydrogen-bond acceptors (Lipinski definition) is 3. The fourth-order valence-corrected chi connectivity index (χ4v) is 2.81. The molecule has 3 heteroatoms. The lowest BCUT2D eigenvalue weighted by molar-refractivity contribution is 0.102. The first-order valence-electron chi connectivity index (χ1n) is 7.85. The van der Waals surface area contributed by atoms with Crippen LogP contribution < -0.4 is 4.74 Å². The third-order valence-corrected chi connectivity index (χ3v) is 3.94. The molecule has 0 radical (unpaired) electrons. The second-order valence-corrected chi connectivity index (χ2v) is 6.04. The molecule has 118 valence electrons. The highest BCUT2D eigenvalue weighted by Gasteiger charge is 2.22. The van der Waals surface area contributed by atoms with Crippen molar-refractivity contribution in [3.63, 3.8) is 0 Å². The number of hydrogen-bond donors (Lipinski definition) is 0. The molecule has 0 fully saturated rings. The Hall–Kier alpha value is -2.55. The van der Waals surface area contributed by atoms with Gasteiger partial charge in [-0.3, -0.25) is 4.79 Å². The molecule has 0 aliphatic heterocycles. The van der Waals surface area contributed by atoms with Crippen LogP contribution in [0.15, 0.2) is 60.3 Å². The number of ether oxygens (including phenoxy) is 1. The maximum absolute atomic E-state index is 12.6. The van der Waals surface area contributed by atoms with Gasteiger partial charge in [0.2, 0.25) is 0 Å². The number of carbonyl (C=O) groups excluding carboxylic acids is 1. The van der Waals surface area contributed by atoms with Crippen molar-refractivity contribution in [1.29, 1.82) is 0 Å². The summed E-state index contributed by atoms with van der Waals surface area (Å²) in [6, 6.07) is 15.9. The van der Waals surface area contributed by atoms with Crippen molar-refractivity contribution in [3.05, 3.63) is 77.0 Å². The summed E-state index contributed by atoms with van der Waals surface area (Å²) in [6.07, 6.45) is 3.62. The van der Waals surface area contributed by atoms with Crippen LogP contribution in [0.2, 0.25) is 0 Å². The van der Waals surface area contributed by atoms with E-state index in [2.05, 4.69) is 0 Å². The van der Waals surface area contributed by atoms with E-state index in [0.29, 0.717) is 6.61 Å². The van der Waals surface area contributed by atoms with E-state index in [1.165, 1.54) is 0 Å². The van der Waals surface area contributed by atoms with Gasteiger partial charge in [0.1, 0.15) is 12.4 Å². The molecular weight excluding hydrogens is 286 g/mol. The first-order chi connectivity index (χ1) is 11.1. The van der Waals surface area contributed by atoms with E-state index in [1.807, 2.05) is 73.7 Å². The fourth-order valence-electron chi connectivity index (χ4n) is 2.81. The maximum Gasteiger partial charge on any atom is 0.190 e. The van der Waals surface area contributed by atoms with E-state index in [4.69, 9.17) is 4.74 Å². The molecule has 2 aromatic carbocycles. The molecule has 0 saturated carbocycles. The number of rotatable bonds is 4. The minimum absolute atomic E-state index is 0.116. The van der Waals surface area contributed by atoms with Gasteiger partial charge in [-0.05, 0) is 36.1 Å². The summed E-state index contributed by atoms with van der Waals surface area (Å²) in [5, 5.41) is 0. The molecule has 3 nitrogen and oxygen atoms in total. The molecule has 0 saturated heterocycles. The number of ketones is 1. The molecule has 23 heavy (non-hydrogen) atoms. The largest absolute Gasteiger partial charge is 0.489 e. The quantitative estimate of drug-likeness (QED) is 0.804. The molecule has 0 bridgehead atoms. The van der Waals surface area contributed by atoms with Gasteiger partial charge in [-0.15, -0.1) is 0 Å². The van der Waals surface area contributed by atoms with Gasteiger partial charge < -0.3 is 9.64 Å². The highest BCUT2D eigenvalue weighted by atomic mass is 16.5. The highest BCUT2D eigenvalue weighted by molar-refractivity contribution is 6.10. The summed E-state index contributed by atoms with van der Waals surface area (Å²) in [6.45, 7) is 0.508. The Morgan fingerprint density at radius 3 is 2.61 bits per heavy atom. The molecule has 0 aromatic heterocycles. The van der Waals surface area contributed by atoms with Gasteiger partial charge >= 0.3 is 0 Å². The molecule has 0 atom stereocenters. The van der Waals surface area contributed by atoms with Gasteiger partial charge in [0.05, 0.1) is 0 Å². The zero-order valence-electron chi connectivity index (χ0n) is 13.6. The van der Waals surface area contributed by atoms with E-state index in [-0.39, 0.29) is 5.78 Å². The van der Waals surface area contributed by atoms with Crippen molar-refractivity contribution in [2.75, 3.05) is 14.1 Å². The van der Waals surface area contributed by atoms with Crippen molar-refractivity contribution < 1.29 is 9.53 Å². The summed E-state index contributed by atoms with van der Waals surface area (Å²) < 4.78 is 5.84. The first kappa shape index (κ1) is 15.3. The van der Waals surface area contributed by atoms with Gasteiger partial charge in [0, 0.05) is 31.4 Å². The zero-order valence-corrected chi connectivity index (χ0v) is 13.6. The van der Waals surface area contributed by atoms with Crippen LogP contribution >= 0.6 is 0 Å². The highest BCUT2D eigenvalue weighted by Crippen LogP contribution is 2.28. The summed E-state index contributed by atoms with van der Waals surface area (Å²) in [5.41, 5.74) is 3.86. The molecule has 0 N–H and O–H groups in total. The predicted octanol–water partition coefficient (Wildman–Crippen LogP) is 3.84. The summed E-state index contributed by atoms with van der Waals surface area (Å²) in [7, 11) is 3.88. The second kappa shape index (κ2) is 6.69. The average Bonchev–Trinajstić information content (AvgIpc) is 2.56. The van der Waals surface area contributed by atoms with Crippen LogP contribution in [0.1, 0.15) is 27.9 Å². The van der Waals surface area contributed by atoms with E-state index in [9.17, 15) is 4.79 Å². The van der Waals surface area contributed by atoms with Gasteiger partial charge in [-0.25, -0.2) is 0 Å². The first-order valence-corrected chi connectivity index (χ1v) is 7.85. The van der Waals surface area contributed by atoms with Crippen LogP contribution in [-0.2, 0) is 13.0 Å². The van der Waals surface area contributed by atoms with Crippen LogP contribution in [0.25, 0.3) is 0 Å². The maximum atomic E-state index is 12.6. The minimum atomic E-state index is 0.116. The van der Waals surface area contributed by atoms with Crippen LogP contribution in [0.5, 0.6) is 5.75 Å². The monoisotopic (exact) mass is 307 g/mol. The van der Waals surface area contributed by atoms with Crippen LogP contribution in [0.4, 0.5) is 0 Å². The number of fused-ring (bicyclic) bond motifs is 1. The molecule has 1 aliphatic carbocycles. The van der Waals surface area contributed by atoms with Gasteiger partial charge in [-0.2, -0.15) is 0 Å². The molecule has 3 rings (SSSR count). The average molecular weight is 307 g/mol. The Morgan fingerprint density at radius 1 is 1.09 bits per heavy atom. The Balaban J connectivity index is 1.79. The summed E-state index contributed by atoms with van der Waals surface area (Å²) >= 11 is 0. The lowest BCUT2D eigenvalue weighted by Gasteiger charge is -2.20. The lowest BCUT2D eigenvalue weighted by atomic mass is 9.87. The van der Waals surface area contributed by atoms with Crippen LogP contribution in [0.3, 0.4) is 0 Å². The Morgan fingerprint density at radius 2 is 1.87 bits per heavy atom. The molecule has 1 aliphatic rings. The summed E-state index contributed by atoms with van der Waals surface area (Å²) in [5.74, 6) is 0.858. The molecule has 0 unspecified atom stereocenters. The number of Topliss-reactive ketones (excluding diaryl/α,β-unsaturated/α-hetero) is 1. The number of aryl methyl sites for hydroxylation is 1. The Kier molecular flexibility index (Phi) is 4.47. The predicted molar refractivity (Wildman–Crippen MR) is 91.6 cm³/mol. The molecule has 0 spiro atoms. The van der Waals surface area contributed by atoms with E-state index in [1.54, 1.807) is 0 Å². The zero-order chi connectivity index (χ0) is 16.2. The Bertz CT molecular complexity index is 733. The van der Waals surface area contributed by atoms with E-state index >= 15 is 0 Å². The third-order valence-electron chi connectivity index (χ3n) is 3.94. The van der Waals surface area contributed by atoms with Gasteiger partial charge in [-0.1, -0.05) is 36.4 Å². The van der Waals surface area contributed by atoms with Crippen LogP contribution in [-0.4, -0.2) is 24.8 Å². The third kappa shape index (κ3) is 3.62. The SMILES string of the molecule is CN(C)C=C1CCc2ccc(OCc3ccccc3)cc2C1=O. The van der Waals surface area contributed by atoms with Crippen molar-refractivity contribution in [1.82, 2.24) is 4.90 Å².